The van der Waals surface area contributed by atoms with Crippen LogP contribution in [0.15, 0.2) is 89.5 Å². The Morgan fingerprint density at radius 2 is 1.47 bits per heavy atom. The van der Waals surface area contributed by atoms with Crippen LogP contribution in [-0.2, 0) is 4.74 Å². The van der Waals surface area contributed by atoms with Crippen LogP contribution < -0.4 is 5.32 Å². The van der Waals surface area contributed by atoms with Crippen molar-refractivity contribution in [3.8, 4) is 11.3 Å². The molecule has 0 fully saturated rings. The van der Waals surface area contributed by atoms with Crippen molar-refractivity contribution < 1.29 is 23.6 Å². The van der Waals surface area contributed by atoms with Crippen LogP contribution in [0.4, 0.5) is 5.69 Å². The predicted molar refractivity (Wildman–Crippen MR) is 145 cm³/mol. The van der Waals surface area contributed by atoms with Gasteiger partial charge in [-0.25, -0.2) is 4.79 Å². The molecule has 1 heterocycles. The highest BCUT2D eigenvalue weighted by molar-refractivity contribution is 6.36. The molecule has 5 aromatic rings. The van der Waals surface area contributed by atoms with E-state index in [-0.39, 0.29) is 32.4 Å². The zero-order chi connectivity index (χ0) is 26.8. The number of fused-ring (bicyclic) bond motifs is 1. The SMILES string of the molecule is COC(=O)c1cc(NC(=O)c2cc3noc(-c4ccccc4)c3cc2Cl)c(C(=O)c2ccccc2)cc1Cl. The van der Waals surface area contributed by atoms with E-state index < -0.39 is 17.7 Å². The molecular weight excluding hydrogens is 527 g/mol. The monoisotopic (exact) mass is 544 g/mol. The Morgan fingerprint density at radius 3 is 2.16 bits per heavy atom. The first kappa shape index (κ1) is 25.2. The fourth-order valence-electron chi connectivity index (χ4n) is 4.00. The van der Waals surface area contributed by atoms with E-state index in [2.05, 4.69) is 10.5 Å². The van der Waals surface area contributed by atoms with Gasteiger partial charge in [-0.05, 0) is 24.3 Å². The molecule has 0 unspecified atom stereocenters. The van der Waals surface area contributed by atoms with Crippen LogP contribution in [0.3, 0.4) is 0 Å². The fourth-order valence-corrected chi connectivity index (χ4v) is 4.49. The third kappa shape index (κ3) is 4.77. The molecule has 1 N–H and O–H groups in total. The average molecular weight is 545 g/mol. The summed E-state index contributed by atoms with van der Waals surface area (Å²) in [4.78, 5) is 38.9. The van der Waals surface area contributed by atoms with Crippen molar-refractivity contribution in [3.05, 3.63) is 117 Å². The summed E-state index contributed by atoms with van der Waals surface area (Å²) in [5, 5.41) is 7.57. The highest BCUT2D eigenvalue weighted by atomic mass is 35.5. The Bertz CT molecular complexity index is 1700. The molecule has 1 aromatic heterocycles. The minimum absolute atomic E-state index is 0.00428. The van der Waals surface area contributed by atoms with E-state index in [9.17, 15) is 14.4 Å². The van der Waals surface area contributed by atoms with E-state index in [4.69, 9.17) is 32.5 Å². The van der Waals surface area contributed by atoms with E-state index in [1.165, 1.54) is 25.3 Å². The van der Waals surface area contributed by atoms with Gasteiger partial charge in [-0.2, -0.15) is 0 Å². The summed E-state index contributed by atoms with van der Waals surface area (Å²) >= 11 is 12.8. The molecule has 0 saturated heterocycles. The van der Waals surface area contributed by atoms with Crippen molar-refractivity contribution in [3.63, 3.8) is 0 Å². The van der Waals surface area contributed by atoms with Crippen LogP contribution in [0, 0.1) is 0 Å². The number of nitrogens with one attached hydrogen (secondary N) is 1. The summed E-state index contributed by atoms with van der Waals surface area (Å²) < 4.78 is 10.3. The molecule has 5 rings (SSSR count). The number of ether oxygens (including phenoxy) is 1. The lowest BCUT2D eigenvalue weighted by atomic mass is 9.99. The van der Waals surface area contributed by atoms with Gasteiger partial charge in [0.15, 0.2) is 11.5 Å². The second-order valence-corrected chi connectivity index (χ2v) is 9.06. The summed E-state index contributed by atoms with van der Waals surface area (Å²) in [6.07, 6.45) is 0. The van der Waals surface area contributed by atoms with Gasteiger partial charge in [0.1, 0.15) is 5.52 Å². The standard InChI is InChI=1S/C29H18Cl2N2O5/c1-37-29(36)19-15-24(20(12-23(19)31)26(34)16-8-4-2-5-9-16)32-28(35)18-14-25-21(13-22(18)30)27(38-33-25)17-10-6-3-7-11-17/h2-15H,1H3,(H,32,35). The van der Waals surface area contributed by atoms with Crippen LogP contribution >= 0.6 is 23.2 Å². The van der Waals surface area contributed by atoms with Crippen LogP contribution in [0.25, 0.3) is 22.2 Å². The third-order valence-electron chi connectivity index (χ3n) is 5.89. The molecule has 188 valence electrons. The van der Waals surface area contributed by atoms with Gasteiger partial charge in [0.05, 0.1) is 39.4 Å². The highest BCUT2D eigenvalue weighted by Gasteiger charge is 2.23. The van der Waals surface area contributed by atoms with Gasteiger partial charge in [-0.3, -0.25) is 9.59 Å². The smallest absolute Gasteiger partial charge is 0.339 e. The Morgan fingerprint density at radius 1 is 0.816 bits per heavy atom. The van der Waals surface area contributed by atoms with Crippen molar-refractivity contribution in [1.82, 2.24) is 5.16 Å². The molecule has 0 radical (unpaired) electrons. The van der Waals surface area contributed by atoms with Crippen molar-refractivity contribution in [2.45, 2.75) is 0 Å². The van der Waals surface area contributed by atoms with Gasteiger partial charge in [0.25, 0.3) is 5.91 Å². The lowest BCUT2D eigenvalue weighted by Crippen LogP contribution is -2.17. The third-order valence-corrected chi connectivity index (χ3v) is 6.51. The van der Waals surface area contributed by atoms with Crippen LogP contribution in [0.2, 0.25) is 10.0 Å². The minimum Gasteiger partial charge on any atom is -0.465 e. The number of aromatic nitrogens is 1. The molecule has 38 heavy (non-hydrogen) atoms. The molecule has 0 aliphatic carbocycles. The number of ketones is 1. The second kappa shape index (κ2) is 10.5. The number of rotatable bonds is 6. The molecule has 1 amide bonds. The van der Waals surface area contributed by atoms with E-state index in [1.807, 2.05) is 30.3 Å². The van der Waals surface area contributed by atoms with Gasteiger partial charge in [-0.1, -0.05) is 89.0 Å². The maximum absolute atomic E-state index is 13.4. The van der Waals surface area contributed by atoms with E-state index in [0.29, 0.717) is 22.2 Å². The Balaban J connectivity index is 1.55. The van der Waals surface area contributed by atoms with Gasteiger partial charge in [-0.15, -0.1) is 0 Å². The molecule has 0 bridgehead atoms. The molecule has 0 saturated carbocycles. The van der Waals surface area contributed by atoms with Gasteiger partial charge in [0.2, 0.25) is 0 Å². The maximum Gasteiger partial charge on any atom is 0.339 e. The first-order chi connectivity index (χ1) is 18.4. The Labute approximate surface area is 226 Å². The largest absolute Gasteiger partial charge is 0.465 e. The predicted octanol–water partition coefficient (Wildman–Crippen LogP) is 7.07. The van der Waals surface area contributed by atoms with Crippen LogP contribution in [0.5, 0.6) is 0 Å². The lowest BCUT2D eigenvalue weighted by Gasteiger charge is -2.14. The number of amides is 1. The number of hydrogen-bond donors (Lipinski definition) is 1. The summed E-state index contributed by atoms with van der Waals surface area (Å²) in [6.45, 7) is 0. The summed E-state index contributed by atoms with van der Waals surface area (Å²) in [5.41, 5.74) is 1.84. The van der Waals surface area contributed by atoms with E-state index in [0.717, 1.165) is 5.56 Å². The van der Waals surface area contributed by atoms with E-state index in [1.54, 1.807) is 36.4 Å². The molecule has 9 heteroatoms. The van der Waals surface area contributed by atoms with Gasteiger partial charge < -0.3 is 14.6 Å². The molecule has 7 nitrogen and oxygen atoms in total. The van der Waals surface area contributed by atoms with Crippen molar-refractivity contribution in [2.24, 2.45) is 0 Å². The summed E-state index contributed by atoms with van der Waals surface area (Å²) in [6, 6.07) is 23.6. The number of anilines is 1. The molecule has 0 spiro atoms. The number of halogens is 2. The molecule has 4 aromatic carbocycles. The average Bonchev–Trinajstić information content (AvgIpc) is 3.36. The summed E-state index contributed by atoms with van der Waals surface area (Å²) in [5.74, 6) is -1.23. The lowest BCUT2D eigenvalue weighted by molar-refractivity contribution is 0.0600. The number of carbonyl (C=O) groups excluding carboxylic acids is 3. The number of benzene rings is 4. The van der Waals surface area contributed by atoms with Crippen LogP contribution in [-0.4, -0.2) is 29.9 Å². The number of nitrogens with zero attached hydrogens (tertiary/aromatic N) is 1. The van der Waals surface area contributed by atoms with Gasteiger partial charge in [0, 0.05) is 16.7 Å². The van der Waals surface area contributed by atoms with Gasteiger partial charge >= 0.3 is 5.97 Å². The molecule has 0 aliphatic rings. The Kier molecular flexibility index (Phi) is 6.96. The quantitative estimate of drug-likeness (QED) is 0.181. The topological polar surface area (TPSA) is 98.5 Å². The first-order valence-corrected chi connectivity index (χ1v) is 12.1. The van der Waals surface area contributed by atoms with Crippen molar-refractivity contribution in [1.29, 1.82) is 0 Å². The zero-order valence-corrected chi connectivity index (χ0v) is 21.3. The number of hydrogen-bond acceptors (Lipinski definition) is 6. The summed E-state index contributed by atoms with van der Waals surface area (Å²) in [7, 11) is 1.20. The molecule has 0 atom stereocenters. The molecular formula is C29H18Cl2N2O5. The number of carbonyl (C=O) groups is 3. The number of methoxy groups -OCH3 is 1. The zero-order valence-electron chi connectivity index (χ0n) is 19.8. The maximum atomic E-state index is 13.4. The van der Waals surface area contributed by atoms with Crippen LogP contribution in [0.1, 0.15) is 36.6 Å². The first-order valence-electron chi connectivity index (χ1n) is 11.3. The second-order valence-electron chi connectivity index (χ2n) is 8.25. The fraction of sp³-hybridized carbons (Fsp3) is 0.0345. The Hall–Kier alpha value is -4.46. The highest BCUT2D eigenvalue weighted by Crippen LogP contribution is 2.34. The van der Waals surface area contributed by atoms with E-state index >= 15 is 0 Å². The number of esters is 1. The molecule has 0 aliphatic heterocycles. The minimum atomic E-state index is -0.723. The van der Waals surface area contributed by atoms with Crippen molar-refractivity contribution in [2.75, 3.05) is 12.4 Å². The normalized spacial score (nSPS) is 10.8. The van der Waals surface area contributed by atoms with Crippen molar-refractivity contribution >= 4 is 57.5 Å².